The smallest absolute Gasteiger partial charge is 0.259 e. The summed E-state index contributed by atoms with van der Waals surface area (Å²) in [6.45, 7) is 5.20. The second-order valence-corrected chi connectivity index (χ2v) is 4.84. The maximum atomic E-state index is 12.2. The first-order chi connectivity index (χ1) is 9.83. The van der Waals surface area contributed by atoms with Crippen molar-refractivity contribution >= 4 is 17.6 Å². The average Bonchev–Trinajstić information content (AvgIpc) is 2.77. The Morgan fingerprint density at radius 2 is 2.00 bits per heavy atom. The Hall–Kier alpha value is -2.37. The highest BCUT2D eigenvalue weighted by Crippen LogP contribution is 2.20. The van der Waals surface area contributed by atoms with Gasteiger partial charge in [0.25, 0.3) is 5.91 Å². The molecule has 1 fully saturated rings. The van der Waals surface area contributed by atoms with Gasteiger partial charge in [-0.2, -0.15) is 0 Å². The van der Waals surface area contributed by atoms with Gasteiger partial charge in [0.15, 0.2) is 5.78 Å². The molecule has 0 radical (unpaired) electrons. The zero-order valence-corrected chi connectivity index (χ0v) is 12.6. The van der Waals surface area contributed by atoms with Crippen molar-refractivity contribution in [2.45, 2.75) is 26.8 Å². The van der Waals surface area contributed by atoms with Gasteiger partial charge in [0.2, 0.25) is 5.91 Å². The van der Waals surface area contributed by atoms with Crippen LogP contribution in [0.2, 0.25) is 0 Å². The van der Waals surface area contributed by atoms with E-state index in [0.29, 0.717) is 0 Å². The van der Waals surface area contributed by atoms with Gasteiger partial charge in [0.05, 0.1) is 5.92 Å². The van der Waals surface area contributed by atoms with E-state index in [9.17, 15) is 19.5 Å². The highest BCUT2D eigenvalue weighted by atomic mass is 16.3. The molecule has 1 rings (SSSR count). The number of carbonyl (C=O) groups excluding carboxylic acids is 3. The number of Topliss-reactive ketones (excluding diaryl/α,β-unsaturated/α-hetero) is 1. The first-order valence-electron chi connectivity index (χ1n) is 6.64. The molecular formula is C15H20N2O4. The molecule has 2 atom stereocenters. The number of hydrogen-bond acceptors (Lipinski definition) is 4. The van der Waals surface area contributed by atoms with E-state index in [0.717, 1.165) is 5.57 Å². The minimum atomic E-state index is -0.953. The Kier molecular flexibility index (Phi) is 5.46. The molecule has 1 aliphatic heterocycles. The van der Waals surface area contributed by atoms with Crippen LogP contribution in [0.1, 0.15) is 20.8 Å². The third-order valence-corrected chi connectivity index (χ3v) is 3.42. The normalized spacial score (nSPS) is 23.2. The quantitative estimate of drug-likeness (QED) is 0.309. The van der Waals surface area contributed by atoms with Gasteiger partial charge in [-0.3, -0.25) is 14.4 Å². The summed E-state index contributed by atoms with van der Waals surface area (Å²) in [5.41, 5.74) is 0.569. The summed E-state index contributed by atoms with van der Waals surface area (Å²) in [7, 11) is 1.46. The molecule has 0 aliphatic carbocycles. The van der Waals surface area contributed by atoms with E-state index in [2.05, 4.69) is 10.6 Å². The van der Waals surface area contributed by atoms with E-state index >= 15 is 0 Å². The molecule has 0 unspecified atom stereocenters. The molecule has 6 nitrogen and oxygen atoms in total. The number of rotatable bonds is 4. The van der Waals surface area contributed by atoms with Crippen LogP contribution in [-0.2, 0) is 14.4 Å². The van der Waals surface area contributed by atoms with Crippen LogP contribution in [0.25, 0.3) is 0 Å². The molecule has 0 spiro atoms. The highest BCUT2D eigenvalue weighted by molar-refractivity contribution is 6.27. The molecular weight excluding hydrogens is 272 g/mol. The van der Waals surface area contributed by atoms with Gasteiger partial charge in [-0.05, 0) is 19.9 Å². The third-order valence-electron chi connectivity index (χ3n) is 3.42. The molecule has 0 aromatic rings. The third kappa shape index (κ3) is 3.59. The number of allylic oxidation sites excluding steroid dienone is 4. The van der Waals surface area contributed by atoms with Crippen molar-refractivity contribution in [1.29, 1.82) is 0 Å². The van der Waals surface area contributed by atoms with E-state index in [1.54, 1.807) is 13.0 Å². The first-order valence-corrected chi connectivity index (χ1v) is 6.64. The number of amides is 2. The predicted octanol–water partition coefficient (Wildman–Crippen LogP) is 0.771. The summed E-state index contributed by atoms with van der Waals surface area (Å²) in [5.74, 6) is -2.70. The Morgan fingerprint density at radius 3 is 2.52 bits per heavy atom. The van der Waals surface area contributed by atoms with Crippen molar-refractivity contribution in [3.8, 4) is 0 Å². The lowest BCUT2D eigenvalue weighted by molar-refractivity contribution is -0.128. The number of aliphatic hydroxyl groups is 1. The van der Waals surface area contributed by atoms with Crippen LogP contribution in [0.5, 0.6) is 0 Å². The first kappa shape index (κ1) is 16.7. The van der Waals surface area contributed by atoms with E-state index in [4.69, 9.17) is 0 Å². The van der Waals surface area contributed by atoms with Crippen molar-refractivity contribution in [2.24, 2.45) is 5.92 Å². The van der Waals surface area contributed by atoms with Crippen molar-refractivity contribution in [3.63, 3.8) is 0 Å². The molecule has 114 valence electrons. The second-order valence-electron chi connectivity index (χ2n) is 4.84. The van der Waals surface area contributed by atoms with Gasteiger partial charge < -0.3 is 15.7 Å². The number of aliphatic hydroxyl groups excluding tert-OH is 1. The molecule has 21 heavy (non-hydrogen) atoms. The number of carbonyl (C=O) groups is 3. The van der Waals surface area contributed by atoms with Crippen molar-refractivity contribution < 1.29 is 19.5 Å². The van der Waals surface area contributed by atoms with Gasteiger partial charge in [0.1, 0.15) is 17.4 Å². The summed E-state index contributed by atoms with van der Waals surface area (Å²) in [6.07, 6.45) is 4.72. The fourth-order valence-electron chi connectivity index (χ4n) is 1.91. The summed E-state index contributed by atoms with van der Waals surface area (Å²) in [4.78, 5) is 35.6. The van der Waals surface area contributed by atoms with E-state index in [1.165, 1.54) is 13.1 Å². The maximum Gasteiger partial charge on any atom is 0.259 e. The lowest BCUT2D eigenvalue weighted by atomic mass is 9.96. The summed E-state index contributed by atoms with van der Waals surface area (Å²) in [6, 6.07) is -0.953. The number of hydrogen-bond donors (Lipinski definition) is 3. The standard InChI is InChI=1S/C15H20N2O4/c1-5-8(2)6-7-10(18)11-13(19)12(17-15(11)21)9(3)14(20)16-4/h5-7,9,12,18H,1-4H3,(H,16,20)(H,17,21)/b7-6+,8-5+,11-10-/t9-,12-/m0/s1. The van der Waals surface area contributed by atoms with Crippen LogP contribution in [0.4, 0.5) is 0 Å². The van der Waals surface area contributed by atoms with Crippen LogP contribution in [0, 0.1) is 5.92 Å². The lowest BCUT2D eigenvalue weighted by Crippen LogP contribution is -2.43. The fourth-order valence-corrected chi connectivity index (χ4v) is 1.91. The molecule has 1 saturated heterocycles. The minimum absolute atomic E-state index is 0.309. The zero-order chi connectivity index (χ0) is 16.2. The molecule has 0 saturated carbocycles. The fraction of sp³-hybridized carbons (Fsp3) is 0.400. The average molecular weight is 292 g/mol. The van der Waals surface area contributed by atoms with Crippen molar-refractivity contribution in [1.82, 2.24) is 10.6 Å². The summed E-state index contributed by atoms with van der Waals surface area (Å²) >= 11 is 0. The Bertz CT molecular complexity index is 558. The molecule has 2 amide bonds. The second kappa shape index (κ2) is 6.88. The molecule has 3 N–H and O–H groups in total. The number of nitrogens with one attached hydrogen (secondary N) is 2. The van der Waals surface area contributed by atoms with Gasteiger partial charge in [-0.15, -0.1) is 0 Å². The summed E-state index contributed by atoms with van der Waals surface area (Å²) < 4.78 is 0. The van der Waals surface area contributed by atoms with Crippen LogP contribution >= 0.6 is 0 Å². The van der Waals surface area contributed by atoms with Gasteiger partial charge in [0, 0.05) is 7.05 Å². The van der Waals surface area contributed by atoms with Crippen molar-refractivity contribution in [3.05, 3.63) is 35.1 Å². The Balaban J connectivity index is 3.06. The van der Waals surface area contributed by atoms with E-state index < -0.39 is 29.4 Å². The molecule has 0 aromatic carbocycles. The summed E-state index contributed by atoms with van der Waals surface area (Å²) in [5, 5.41) is 14.8. The van der Waals surface area contributed by atoms with E-state index in [1.807, 2.05) is 19.9 Å². The Labute approximate surface area is 123 Å². The van der Waals surface area contributed by atoms with Crippen LogP contribution < -0.4 is 10.6 Å². The van der Waals surface area contributed by atoms with Crippen molar-refractivity contribution in [2.75, 3.05) is 7.05 Å². The monoisotopic (exact) mass is 292 g/mol. The number of ketones is 1. The highest BCUT2D eigenvalue weighted by Gasteiger charge is 2.42. The molecule has 0 aromatic heterocycles. The van der Waals surface area contributed by atoms with Crippen LogP contribution in [-0.4, -0.2) is 35.8 Å². The molecule has 0 bridgehead atoms. The molecule has 1 heterocycles. The molecule has 6 heteroatoms. The zero-order valence-electron chi connectivity index (χ0n) is 12.6. The van der Waals surface area contributed by atoms with Gasteiger partial charge in [-0.25, -0.2) is 0 Å². The largest absolute Gasteiger partial charge is 0.507 e. The van der Waals surface area contributed by atoms with Gasteiger partial charge in [-0.1, -0.05) is 24.6 Å². The van der Waals surface area contributed by atoms with E-state index in [-0.39, 0.29) is 11.5 Å². The molecule has 1 aliphatic rings. The maximum absolute atomic E-state index is 12.2. The predicted molar refractivity (Wildman–Crippen MR) is 78.4 cm³/mol. The SMILES string of the molecule is C/C=C(C)/C=C/C(O)=C1/C(=O)N[C@@H]([C@H](C)C(=O)NC)C1=O. The van der Waals surface area contributed by atoms with Crippen LogP contribution in [0.15, 0.2) is 35.1 Å². The Morgan fingerprint density at radius 1 is 1.38 bits per heavy atom. The minimum Gasteiger partial charge on any atom is -0.507 e. The van der Waals surface area contributed by atoms with Gasteiger partial charge >= 0.3 is 0 Å². The van der Waals surface area contributed by atoms with Crippen LogP contribution in [0.3, 0.4) is 0 Å². The topological polar surface area (TPSA) is 95.5 Å². The lowest BCUT2D eigenvalue weighted by Gasteiger charge is -2.15.